The highest BCUT2D eigenvalue weighted by Gasteiger charge is 2.71. The van der Waals surface area contributed by atoms with Gasteiger partial charge in [0.05, 0.1) is 5.41 Å². The summed E-state index contributed by atoms with van der Waals surface area (Å²) in [5.41, 5.74) is 0.0791. The molecule has 0 unspecified atom stereocenters. The Balaban J connectivity index is 1.72. The number of carbonyl (C=O) groups excluding carboxylic acids is 1. The summed E-state index contributed by atoms with van der Waals surface area (Å²) in [5, 5.41) is 6.45. The predicted octanol–water partition coefficient (Wildman–Crippen LogP) is 0.180. The lowest BCUT2D eigenvalue weighted by atomic mass is 9.39. The third kappa shape index (κ3) is 0.818. The summed E-state index contributed by atoms with van der Waals surface area (Å²) in [5.74, 6) is 0.708. The third-order valence-electron chi connectivity index (χ3n) is 3.25. The lowest BCUT2D eigenvalue weighted by Gasteiger charge is -2.68. The molecule has 4 rings (SSSR count). The number of hydrogen-bond donors (Lipinski definition) is 1. The van der Waals surface area contributed by atoms with Crippen molar-refractivity contribution in [1.82, 2.24) is 15.5 Å². The fourth-order valence-electron chi connectivity index (χ4n) is 2.89. The largest absolute Gasteiger partial charge is 0.351 e. The average Bonchev–Trinajstić information content (AvgIpc) is 2.44. The molecule has 1 aromatic heterocycles. The highest BCUT2D eigenvalue weighted by Crippen LogP contribution is 2.67. The zero-order valence-electron chi connectivity index (χ0n) is 7.83. The Bertz CT molecular complexity index is 365. The minimum Gasteiger partial charge on any atom is -0.351 e. The van der Waals surface area contributed by atoms with Crippen LogP contribution in [0.25, 0.3) is 0 Å². The van der Waals surface area contributed by atoms with E-state index in [-0.39, 0.29) is 16.9 Å². The molecule has 5 nitrogen and oxygen atoms in total. The molecular formula is C9H10N3O2. The van der Waals surface area contributed by atoms with E-state index >= 15 is 0 Å². The molecule has 3 aliphatic rings. The van der Waals surface area contributed by atoms with Crippen LogP contribution in [0.5, 0.6) is 0 Å². The topological polar surface area (TPSA) is 68.0 Å². The molecule has 3 aliphatic carbocycles. The predicted molar refractivity (Wildman–Crippen MR) is 45.2 cm³/mol. The lowest BCUT2D eigenvalue weighted by molar-refractivity contribution is -0.140. The fraction of sp³-hybridized carbons (Fsp3) is 0.667. The average molecular weight is 192 g/mol. The number of hydrogen-bond acceptors (Lipinski definition) is 4. The maximum atomic E-state index is 10.9. The van der Waals surface area contributed by atoms with Gasteiger partial charge >= 0.3 is 0 Å². The van der Waals surface area contributed by atoms with Crippen LogP contribution < -0.4 is 5.32 Å². The van der Waals surface area contributed by atoms with Gasteiger partial charge in [-0.2, -0.15) is 4.98 Å². The second kappa shape index (κ2) is 2.16. The van der Waals surface area contributed by atoms with E-state index in [1.165, 1.54) is 0 Å². The normalized spacial score (nSPS) is 38.4. The van der Waals surface area contributed by atoms with Crippen molar-refractivity contribution in [3.05, 3.63) is 12.2 Å². The molecule has 3 fully saturated rings. The summed E-state index contributed by atoms with van der Waals surface area (Å²) in [7, 11) is 0. The number of rotatable bonds is 2. The molecule has 2 bridgehead atoms. The number of amides is 1. The van der Waals surface area contributed by atoms with Crippen molar-refractivity contribution in [1.29, 1.82) is 0 Å². The Kier molecular flexibility index (Phi) is 1.23. The van der Waals surface area contributed by atoms with Crippen LogP contribution in [-0.2, 0) is 10.2 Å². The quantitative estimate of drug-likeness (QED) is 0.725. The Hall–Kier alpha value is -1.39. The van der Waals surface area contributed by atoms with Crippen LogP contribution in [0.15, 0.2) is 4.52 Å². The summed E-state index contributed by atoms with van der Waals surface area (Å²) in [6, 6.07) is 0. The van der Waals surface area contributed by atoms with E-state index in [1.807, 2.05) is 0 Å². The molecular weight excluding hydrogens is 182 g/mol. The van der Waals surface area contributed by atoms with E-state index in [0.29, 0.717) is 5.89 Å². The van der Waals surface area contributed by atoms with Gasteiger partial charge < -0.3 is 9.84 Å². The van der Waals surface area contributed by atoms with E-state index in [4.69, 9.17) is 4.52 Å². The van der Waals surface area contributed by atoms with Crippen LogP contribution in [0.4, 0.5) is 0 Å². The minimum absolute atomic E-state index is 0.0281. The van der Waals surface area contributed by atoms with Crippen molar-refractivity contribution in [2.45, 2.75) is 37.1 Å². The molecule has 3 saturated carbocycles. The van der Waals surface area contributed by atoms with Gasteiger partial charge in [-0.25, -0.2) is 0 Å². The van der Waals surface area contributed by atoms with Crippen molar-refractivity contribution >= 4 is 5.91 Å². The first-order chi connectivity index (χ1) is 6.64. The molecule has 5 heteroatoms. The van der Waals surface area contributed by atoms with Crippen LogP contribution in [0.2, 0.25) is 0 Å². The number of nitrogens with one attached hydrogen (secondary N) is 1. The van der Waals surface area contributed by atoms with Gasteiger partial charge in [0.25, 0.3) is 0 Å². The molecule has 0 aliphatic heterocycles. The first kappa shape index (κ1) is 7.96. The number of carbonyl (C=O) groups is 1. The van der Waals surface area contributed by atoms with Crippen molar-refractivity contribution in [2.75, 3.05) is 0 Å². The van der Waals surface area contributed by atoms with E-state index in [0.717, 1.165) is 19.3 Å². The van der Waals surface area contributed by atoms with E-state index in [2.05, 4.69) is 21.8 Å². The summed E-state index contributed by atoms with van der Waals surface area (Å²) in [6.45, 7) is 1.55. The molecule has 14 heavy (non-hydrogen) atoms. The molecule has 1 radical (unpaired) electrons. The van der Waals surface area contributed by atoms with Crippen LogP contribution >= 0.6 is 0 Å². The summed E-state index contributed by atoms with van der Waals surface area (Å²) in [4.78, 5) is 14.8. The van der Waals surface area contributed by atoms with Crippen LogP contribution in [0.3, 0.4) is 0 Å². The molecule has 0 aromatic carbocycles. The van der Waals surface area contributed by atoms with Crippen molar-refractivity contribution in [3.63, 3.8) is 0 Å². The van der Waals surface area contributed by atoms with Gasteiger partial charge in [0.2, 0.25) is 18.1 Å². The zero-order valence-corrected chi connectivity index (χ0v) is 7.83. The molecule has 1 aromatic rings. The molecule has 1 N–H and O–H groups in total. The first-order valence-corrected chi connectivity index (χ1v) is 4.63. The minimum atomic E-state index is 0.0281. The van der Waals surface area contributed by atoms with Crippen LogP contribution in [-0.4, -0.2) is 21.6 Å². The van der Waals surface area contributed by atoms with Gasteiger partial charge in [0.15, 0.2) is 0 Å². The van der Waals surface area contributed by atoms with Crippen molar-refractivity contribution < 1.29 is 9.32 Å². The SMILES string of the molecule is CC(=O)NC12CC(c3n[c]no3)(C1)C2. The van der Waals surface area contributed by atoms with Gasteiger partial charge in [-0.05, 0) is 19.3 Å². The Morgan fingerprint density at radius 3 is 2.79 bits per heavy atom. The van der Waals surface area contributed by atoms with Crippen molar-refractivity contribution in [2.24, 2.45) is 0 Å². The summed E-state index contributed by atoms with van der Waals surface area (Å²) < 4.78 is 5.00. The van der Waals surface area contributed by atoms with E-state index in [1.54, 1.807) is 6.92 Å². The molecule has 0 atom stereocenters. The number of nitrogens with zero attached hydrogens (tertiary/aromatic N) is 2. The van der Waals surface area contributed by atoms with Gasteiger partial charge in [-0.1, -0.05) is 5.16 Å². The molecule has 0 spiro atoms. The van der Waals surface area contributed by atoms with Gasteiger partial charge in [-0.15, -0.1) is 0 Å². The molecule has 73 valence electrons. The summed E-state index contributed by atoms with van der Waals surface area (Å²) in [6.07, 6.45) is 5.21. The van der Waals surface area contributed by atoms with Gasteiger partial charge in [0.1, 0.15) is 0 Å². The highest BCUT2D eigenvalue weighted by atomic mass is 16.5. The highest BCUT2D eigenvalue weighted by molar-refractivity contribution is 5.75. The zero-order chi connectivity index (χ0) is 9.81. The maximum absolute atomic E-state index is 10.9. The maximum Gasteiger partial charge on any atom is 0.243 e. The molecule has 1 amide bonds. The number of aromatic nitrogens is 2. The summed E-state index contributed by atoms with van der Waals surface area (Å²) >= 11 is 0. The van der Waals surface area contributed by atoms with Gasteiger partial charge in [0, 0.05) is 12.5 Å². The fourth-order valence-corrected chi connectivity index (χ4v) is 2.89. The second-order valence-electron chi connectivity index (χ2n) is 4.47. The Labute approximate surface area is 80.9 Å². The monoisotopic (exact) mass is 192 g/mol. The lowest BCUT2D eigenvalue weighted by Crippen LogP contribution is -2.76. The Morgan fingerprint density at radius 1 is 1.57 bits per heavy atom. The van der Waals surface area contributed by atoms with Crippen LogP contribution in [0.1, 0.15) is 32.1 Å². The molecule has 0 saturated heterocycles. The smallest absolute Gasteiger partial charge is 0.243 e. The molecule has 1 heterocycles. The first-order valence-electron chi connectivity index (χ1n) is 4.63. The Morgan fingerprint density at radius 2 is 2.29 bits per heavy atom. The standard InChI is InChI=1S/C9H10N3O2/c1-6(13)12-9-2-8(3-9,4-9)7-10-5-11-14-7/h2-4H2,1H3,(H,12,13). The van der Waals surface area contributed by atoms with Crippen LogP contribution in [0, 0.1) is 6.33 Å². The van der Waals surface area contributed by atoms with E-state index < -0.39 is 0 Å². The second-order valence-corrected chi connectivity index (χ2v) is 4.47. The van der Waals surface area contributed by atoms with E-state index in [9.17, 15) is 4.79 Å². The third-order valence-corrected chi connectivity index (χ3v) is 3.25. The van der Waals surface area contributed by atoms with Gasteiger partial charge in [-0.3, -0.25) is 4.79 Å². The van der Waals surface area contributed by atoms with Crippen molar-refractivity contribution in [3.8, 4) is 0 Å².